The molecule has 1 aliphatic heterocycles. The monoisotopic (exact) mass is 340 g/mol. The molecule has 3 aromatic heterocycles. The summed E-state index contributed by atoms with van der Waals surface area (Å²) in [6.07, 6.45) is 3.53. The van der Waals surface area contributed by atoms with E-state index < -0.39 is 12.0 Å². The number of carbonyl (C=O) groups is 2. The molecular weight excluding hydrogens is 324 g/mol. The summed E-state index contributed by atoms with van der Waals surface area (Å²) in [5.74, 6) is -0.0517. The molecule has 0 fully saturated rings. The maximum atomic E-state index is 12.8. The highest BCUT2D eigenvalue weighted by molar-refractivity contribution is 5.86. The van der Waals surface area contributed by atoms with E-state index in [2.05, 4.69) is 15.3 Å². The average Bonchev–Trinajstić information content (AvgIpc) is 3.18. The minimum Gasteiger partial charge on any atom is -0.480 e. The highest BCUT2D eigenvalue weighted by Gasteiger charge is 2.36. The van der Waals surface area contributed by atoms with Crippen LogP contribution in [0.5, 0.6) is 0 Å². The Labute approximate surface area is 142 Å². The largest absolute Gasteiger partial charge is 0.480 e. The SMILES string of the molecule is Cc1nnc2n1CC(C(=O)O)N(C(=O)Cc1cnn3ccccc13)C2. The number of aryl methyl sites for hydroxylation is 1. The second-order valence-corrected chi connectivity index (χ2v) is 6.03. The number of aliphatic carboxylic acids is 1. The lowest BCUT2D eigenvalue weighted by Crippen LogP contribution is -2.51. The summed E-state index contributed by atoms with van der Waals surface area (Å²) in [5.41, 5.74) is 1.59. The van der Waals surface area contributed by atoms with Gasteiger partial charge in [0, 0.05) is 11.8 Å². The van der Waals surface area contributed by atoms with Crippen molar-refractivity contribution in [1.82, 2.24) is 29.3 Å². The van der Waals surface area contributed by atoms with E-state index in [1.807, 2.05) is 18.2 Å². The lowest BCUT2D eigenvalue weighted by molar-refractivity contribution is -0.152. The highest BCUT2D eigenvalue weighted by Crippen LogP contribution is 2.20. The number of hydrogen-bond acceptors (Lipinski definition) is 5. The summed E-state index contributed by atoms with van der Waals surface area (Å²) >= 11 is 0. The average molecular weight is 340 g/mol. The van der Waals surface area contributed by atoms with Gasteiger partial charge < -0.3 is 14.6 Å². The number of pyridine rings is 1. The van der Waals surface area contributed by atoms with Crippen LogP contribution in [0.4, 0.5) is 0 Å². The molecule has 1 amide bonds. The summed E-state index contributed by atoms with van der Waals surface area (Å²) in [4.78, 5) is 25.8. The number of rotatable bonds is 3. The van der Waals surface area contributed by atoms with Crippen LogP contribution in [0.15, 0.2) is 30.6 Å². The Kier molecular flexibility index (Phi) is 3.48. The molecule has 1 atom stereocenters. The van der Waals surface area contributed by atoms with Gasteiger partial charge in [0.15, 0.2) is 5.82 Å². The van der Waals surface area contributed by atoms with Crippen LogP contribution in [0, 0.1) is 6.92 Å². The molecule has 3 aromatic rings. The Balaban J connectivity index is 1.63. The molecule has 4 rings (SSSR count). The van der Waals surface area contributed by atoms with Crippen molar-refractivity contribution in [3.63, 3.8) is 0 Å². The molecule has 0 saturated carbocycles. The predicted octanol–water partition coefficient (Wildman–Crippen LogP) is 0.272. The van der Waals surface area contributed by atoms with Crippen LogP contribution in [-0.2, 0) is 29.1 Å². The van der Waals surface area contributed by atoms with Crippen LogP contribution in [0.3, 0.4) is 0 Å². The van der Waals surface area contributed by atoms with Crippen molar-refractivity contribution in [1.29, 1.82) is 0 Å². The van der Waals surface area contributed by atoms with Gasteiger partial charge in [-0.15, -0.1) is 10.2 Å². The molecule has 9 nitrogen and oxygen atoms in total. The Morgan fingerprint density at radius 2 is 2.16 bits per heavy atom. The second kappa shape index (κ2) is 5.69. The summed E-state index contributed by atoms with van der Waals surface area (Å²) in [5, 5.41) is 21.8. The summed E-state index contributed by atoms with van der Waals surface area (Å²) < 4.78 is 3.44. The van der Waals surface area contributed by atoms with Crippen molar-refractivity contribution >= 4 is 17.4 Å². The number of carboxylic acids is 1. The first-order valence-electron chi connectivity index (χ1n) is 7.87. The standard InChI is InChI=1S/C16H16N6O3/c1-10-18-19-14-9-21(13(16(24)25)8-20(10)14)15(23)6-11-7-17-22-5-3-2-4-12(11)22/h2-5,7,13H,6,8-9H2,1H3,(H,24,25). The summed E-state index contributed by atoms with van der Waals surface area (Å²) in [6, 6.07) is 4.67. The van der Waals surface area contributed by atoms with E-state index in [9.17, 15) is 14.7 Å². The first kappa shape index (κ1) is 15.3. The maximum Gasteiger partial charge on any atom is 0.328 e. The quantitative estimate of drug-likeness (QED) is 0.734. The molecule has 0 saturated heterocycles. The number of fused-ring (bicyclic) bond motifs is 2. The highest BCUT2D eigenvalue weighted by atomic mass is 16.4. The van der Waals surface area contributed by atoms with Crippen LogP contribution >= 0.6 is 0 Å². The zero-order valence-corrected chi connectivity index (χ0v) is 13.5. The van der Waals surface area contributed by atoms with Gasteiger partial charge in [0.1, 0.15) is 11.9 Å². The normalized spacial score (nSPS) is 16.8. The molecule has 1 N–H and O–H groups in total. The van der Waals surface area contributed by atoms with Gasteiger partial charge in [-0.05, 0) is 19.1 Å². The van der Waals surface area contributed by atoms with Crippen LogP contribution < -0.4 is 0 Å². The first-order chi connectivity index (χ1) is 12.0. The van der Waals surface area contributed by atoms with Gasteiger partial charge in [-0.2, -0.15) is 5.10 Å². The Morgan fingerprint density at radius 1 is 1.32 bits per heavy atom. The van der Waals surface area contributed by atoms with E-state index >= 15 is 0 Å². The number of amides is 1. The Morgan fingerprint density at radius 3 is 2.96 bits per heavy atom. The van der Waals surface area contributed by atoms with Gasteiger partial charge >= 0.3 is 5.97 Å². The van der Waals surface area contributed by atoms with Crippen molar-refractivity contribution in [2.75, 3.05) is 0 Å². The molecule has 25 heavy (non-hydrogen) atoms. The zero-order valence-electron chi connectivity index (χ0n) is 13.5. The van der Waals surface area contributed by atoms with Crippen molar-refractivity contribution in [3.8, 4) is 0 Å². The van der Waals surface area contributed by atoms with Gasteiger partial charge in [0.2, 0.25) is 5.91 Å². The van der Waals surface area contributed by atoms with Crippen molar-refractivity contribution in [2.24, 2.45) is 0 Å². The van der Waals surface area contributed by atoms with Gasteiger partial charge in [-0.1, -0.05) is 6.07 Å². The molecule has 0 bridgehead atoms. The number of aromatic nitrogens is 5. The van der Waals surface area contributed by atoms with Gasteiger partial charge in [0.05, 0.1) is 31.2 Å². The van der Waals surface area contributed by atoms with E-state index in [1.54, 1.807) is 28.4 Å². The number of carboxylic acid groups (broad SMARTS) is 1. The summed E-state index contributed by atoms with van der Waals surface area (Å²) in [6.45, 7) is 2.06. The molecule has 0 radical (unpaired) electrons. The predicted molar refractivity (Wildman–Crippen MR) is 85.6 cm³/mol. The molecule has 1 unspecified atom stereocenters. The van der Waals surface area contributed by atoms with Crippen LogP contribution in [-0.4, -0.2) is 52.3 Å². The van der Waals surface area contributed by atoms with Crippen molar-refractivity contribution in [3.05, 3.63) is 47.8 Å². The first-order valence-corrected chi connectivity index (χ1v) is 7.87. The van der Waals surface area contributed by atoms with Gasteiger partial charge in [0.25, 0.3) is 0 Å². The molecule has 0 aromatic carbocycles. The van der Waals surface area contributed by atoms with Gasteiger partial charge in [-0.3, -0.25) is 4.79 Å². The minimum atomic E-state index is -1.04. The third kappa shape index (κ3) is 2.53. The molecule has 0 spiro atoms. The van der Waals surface area contributed by atoms with Gasteiger partial charge in [-0.25, -0.2) is 9.31 Å². The second-order valence-electron chi connectivity index (χ2n) is 6.03. The van der Waals surface area contributed by atoms with E-state index in [0.29, 0.717) is 11.6 Å². The maximum absolute atomic E-state index is 12.8. The Hall–Kier alpha value is -3.23. The fourth-order valence-electron chi connectivity index (χ4n) is 3.17. The van der Waals surface area contributed by atoms with Crippen LogP contribution in [0.1, 0.15) is 17.2 Å². The zero-order chi connectivity index (χ0) is 17.6. The molecule has 9 heteroatoms. The smallest absolute Gasteiger partial charge is 0.328 e. The molecule has 4 heterocycles. The molecule has 1 aliphatic rings. The molecule has 0 aliphatic carbocycles. The van der Waals surface area contributed by atoms with Crippen molar-refractivity contribution in [2.45, 2.75) is 32.5 Å². The third-order valence-corrected chi connectivity index (χ3v) is 4.51. The third-order valence-electron chi connectivity index (χ3n) is 4.51. The lowest BCUT2D eigenvalue weighted by Gasteiger charge is -2.33. The van der Waals surface area contributed by atoms with Crippen LogP contribution in [0.2, 0.25) is 0 Å². The lowest BCUT2D eigenvalue weighted by atomic mass is 10.1. The topological polar surface area (TPSA) is 106 Å². The van der Waals surface area contributed by atoms with E-state index in [-0.39, 0.29) is 25.4 Å². The fourth-order valence-corrected chi connectivity index (χ4v) is 3.17. The number of hydrogen-bond donors (Lipinski definition) is 1. The Bertz CT molecular complexity index is 975. The molecular formula is C16H16N6O3. The fraction of sp³-hybridized carbons (Fsp3) is 0.312. The van der Waals surface area contributed by atoms with Crippen LogP contribution in [0.25, 0.3) is 5.52 Å². The minimum absolute atomic E-state index is 0.0877. The number of carbonyl (C=O) groups excluding carboxylic acids is 1. The number of nitrogens with zero attached hydrogens (tertiary/aromatic N) is 6. The van der Waals surface area contributed by atoms with E-state index in [4.69, 9.17) is 0 Å². The van der Waals surface area contributed by atoms with E-state index in [0.717, 1.165) is 11.1 Å². The van der Waals surface area contributed by atoms with Crippen molar-refractivity contribution < 1.29 is 14.7 Å². The van der Waals surface area contributed by atoms with E-state index in [1.165, 1.54) is 4.90 Å². The summed E-state index contributed by atoms with van der Waals surface area (Å²) in [7, 11) is 0. The molecule has 128 valence electrons.